The normalized spacial score (nSPS) is 11.1. The second kappa shape index (κ2) is 6.45. The van der Waals surface area contributed by atoms with Crippen LogP contribution in [0, 0.1) is 0 Å². The topological polar surface area (TPSA) is 101 Å². The minimum Gasteiger partial charge on any atom is -0.508 e. The van der Waals surface area contributed by atoms with Gasteiger partial charge < -0.3 is 16.2 Å². The Hall–Kier alpha value is -3.45. The number of rotatable bonds is 4. The summed E-state index contributed by atoms with van der Waals surface area (Å²) in [6, 6.07) is 12.8. The Kier molecular flexibility index (Phi) is 3.98. The molecule has 4 rings (SSSR count). The quantitative estimate of drug-likeness (QED) is 0.525. The third-order valence-corrected chi connectivity index (χ3v) is 4.13. The van der Waals surface area contributed by atoms with Gasteiger partial charge in [0.25, 0.3) is 0 Å². The van der Waals surface area contributed by atoms with E-state index in [0.717, 1.165) is 34.7 Å². The van der Waals surface area contributed by atoms with Crippen LogP contribution in [0.5, 0.6) is 5.75 Å². The number of fused-ring (bicyclic) bond motifs is 1. The molecule has 0 bridgehead atoms. The summed E-state index contributed by atoms with van der Waals surface area (Å²) in [7, 11) is 1.91. The van der Waals surface area contributed by atoms with E-state index in [-0.39, 0.29) is 11.7 Å². The molecule has 0 radical (unpaired) electrons. The van der Waals surface area contributed by atoms with Crippen LogP contribution in [0.3, 0.4) is 0 Å². The molecule has 3 heterocycles. The molecule has 0 aliphatic carbocycles. The van der Waals surface area contributed by atoms with E-state index < -0.39 is 0 Å². The Morgan fingerprint density at radius 3 is 2.65 bits per heavy atom. The highest BCUT2D eigenvalue weighted by Crippen LogP contribution is 2.32. The van der Waals surface area contributed by atoms with E-state index in [9.17, 15) is 5.11 Å². The minimum atomic E-state index is 0.209. The fourth-order valence-corrected chi connectivity index (χ4v) is 2.97. The highest BCUT2D eigenvalue weighted by molar-refractivity contribution is 5.81. The number of aromatic nitrogens is 4. The van der Waals surface area contributed by atoms with Gasteiger partial charge in [-0.25, -0.2) is 15.0 Å². The van der Waals surface area contributed by atoms with Gasteiger partial charge in [0.2, 0.25) is 5.95 Å². The van der Waals surface area contributed by atoms with Gasteiger partial charge in [-0.3, -0.25) is 4.40 Å². The Morgan fingerprint density at radius 2 is 1.92 bits per heavy atom. The van der Waals surface area contributed by atoms with Crippen LogP contribution in [-0.4, -0.2) is 31.5 Å². The maximum atomic E-state index is 9.59. The van der Waals surface area contributed by atoms with Crippen molar-refractivity contribution < 1.29 is 5.11 Å². The first-order chi connectivity index (χ1) is 12.7. The van der Waals surface area contributed by atoms with Crippen molar-refractivity contribution in [2.24, 2.45) is 0 Å². The van der Waals surface area contributed by atoms with Crippen molar-refractivity contribution in [1.82, 2.24) is 24.7 Å². The number of pyridine rings is 1. The van der Waals surface area contributed by atoms with Gasteiger partial charge in [0.1, 0.15) is 11.4 Å². The second-order valence-corrected chi connectivity index (χ2v) is 5.95. The Morgan fingerprint density at radius 1 is 1.12 bits per heavy atom. The number of benzene rings is 1. The Balaban J connectivity index is 1.99. The summed E-state index contributed by atoms with van der Waals surface area (Å²) in [4.78, 5) is 13.2. The van der Waals surface area contributed by atoms with Crippen LogP contribution in [-0.2, 0) is 6.54 Å². The maximum absolute atomic E-state index is 9.59. The summed E-state index contributed by atoms with van der Waals surface area (Å²) < 4.78 is 1.99. The average Bonchev–Trinajstić information content (AvgIpc) is 3.01. The molecule has 0 saturated heterocycles. The zero-order valence-corrected chi connectivity index (χ0v) is 14.2. The van der Waals surface area contributed by atoms with Crippen molar-refractivity contribution in [3.05, 3.63) is 60.4 Å². The van der Waals surface area contributed by atoms with E-state index in [0.29, 0.717) is 5.69 Å². The molecule has 4 N–H and O–H groups in total. The first kappa shape index (κ1) is 16.0. The van der Waals surface area contributed by atoms with Gasteiger partial charge in [-0.15, -0.1) is 0 Å². The number of nitrogen functional groups attached to an aromatic ring is 1. The predicted molar refractivity (Wildman–Crippen MR) is 100 cm³/mol. The van der Waals surface area contributed by atoms with Crippen molar-refractivity contribution in [1.29, 1.82) is 0 Å². The lowest BCUT2D eigenvalue weighted by molar-refractivity contribution is 0.475. The molecule has 0 spiro atoms. The third-order valence-electron chi connectivity index (χ3n) is 4.13. The number of hydrogen-bond acceptors (Lipinski definition) is 6. The van der Waals surface area contributed by atoms with Crippen LogP contribution in [0.1, 0.15) is 5.56 Å². The first-order valence-electron chi connectivity index (χ1n) is 8.19. The minimum absolute atomic E-state index is 0.209. The Bertz CT molecular complexity index is 1070. The summed E-state index contributed by atoms with van der Waals surface area (Å²) in [6.07, 6.45) is 3.61. The smallest absolute Gasteiger partial charge is 0.220 e. The standard InChI is InChI=1S/C19H18N6O/c1-21-11-12-7-9-25-16(10-12)24-17(13-2-4-14(26)5-3-13)18(25)15-6-8-22-19(20)23-15/h2-10,21,26H,11H2,1H3,(H2,20,22,23). The van der Waals surface area contributed by atoms with Gasteiger partial charge in [0.15, 0.2) is 0 Å². The van der Waals surface area contributed by atoms with Gasteiger partial charge in [-0.2, -0.15) is 0 Å². The molecule has 4 aromatic rings. The molecule has 0 unspecified atom stereocenters. The van der Waals surface area contributed by atoms with Crippen LogP contribution in [0.15, 0.2) is 54.9 Å². The molecular formula is C19H18N6O. The summed E-state index contributed by atoms with van der Waals surface area (Å²) in [5.41, 5.74) is 10.9. The second-order valence-electron chi connectivity index (χ2n) is 5.95. The molecule has 0 aliphatic heterocycles. The van der Waals surface area contributed by atoms with E-state index in [1.165, 1.54) is 0 Å². The number of anilines is 1. The van der Waals surface area contributed by atoms with E-state index in [2.05, 4.69) is 15.3 Å². The molecule has 0 atom stereocenters. The Labute approximate surface area is 150 Å². The number of nitrogens with two attached hydrogens (primary N) is 1. The molecule has 0 aliphatic rings. The summed E-state index contributed by atoms with van der Waals surface area (Å²) in [5.74, 6) is 0.419. The number of nitrogens with zero attached hydrogens (tertiary/aromatic N) is 4. The summed E-state index contributed by atoms with van der Waals surface area (Å²) >= 11 is 0. The van der Waals surface area contributed by atoms with Crippen LogP contribution < -0.4 is 11.1 Å². The molecule has 7 heteroatoms. The lowest BCUT2D eigenvalue weighted by atomic mass is 10.1. The fraction of sp³-hybridized carbons (Fsp3) is 0.105. The zero-order valence-electron chi connectivity index (χ0n) is 14.2. The van der Waals surface area contributed by atoms with Crippen LogP contribution in [0.2, 0.25) is 0 Å². The van der Waals surface area contributed by atoms with Crippen LogP contribution >= 0.6 is 0 Å². The van der Waals surface area contributed by atoms with Crippen molar-refractivity contribution in [3.63, 3.8) is 0 Å². The van der Waals surface area contributed by atoms with E-state index in [1.54, 1.807) is 18.3 Å². The highest BCUT2D eigenvalue weighted by Gasteiger charge is 2.17. The highest BCUT2D eigenvalue weighted by atomic mass is 16.3. The average molecular weight is 346 g/mol. The van der Waals surface area contributed by atoms with E-state index in [4.69, 9.17) is 10.7 Å². The van der Waals surface area contributed by atoms with E-state index in [1.807, 2.05) is 48.0 Å². The SMILES string of the molecule is CNCc1ccn2c(-c3ccnc(N)n3)c(-c3ccc(O)cc3)nc2c1. The predicted octanol–water partition coefficient (Wildman–Crippen LogP) is 2.47. The maximum Gasteiger partial charge on any atom is 0.220 e. The number of nitrogens with one attached hydrogen (secondary N) is 1. The van der Waals surface area contributed by atoms with Gasteiger partial charge >= 0.3 is 0 Å². The van der Waals surface area contributed by atoms with Crippen LogP contribution in [0.25, 0.3) is 28.3 Å². The third kappa shape index (κ3) is 2.84. The lowest BCUT2D eigenvalue weighted by Crippen LogP contribution is -2.05. The van der Waals surface area contributed by atoms with E-state index >= 15 is 0 Å². The lowest BCUT2D eigenvalue weighted by Gasteiger charge is -2.06. The number of aromatic hydroxyl groups is 1. The summed E-state index contributed by atoms with van der Waals surface area (Å²) in [5, 5.41) is 12.7. The number of hydrogen-bond donors (Lipinski definition) is 3. The van der Waals surface area contributed by atoms with Gasteiger partial charge in [-0.05, 0) is 55.1 Å². The van der Waals surface area contributed by atoms with Gasteiger partial charge in [0, 0.05) is 24.5 Å². The van der Waals surface area contributed by atoms with Gasteiger partial charge in [-0.1, -0.05) is 0 Å². The van der Waals surface area contributed by atoms with Crippen molar-refractivity contribution in [2.45, 2.75) is 6.54 Å². The molecule has 130 valence electrons. The molecule has 0 amide bonds. The first-order valence-corrected chi connectivity index (χ1v) is 8.19. The van der Waals surface area contributed by atoms with Crippen molar-refractivity contribution in [3.8, 4) is 28.4 Å². The van der Waals surface area contributed by atoms with Gasteiger partial charge in [0.05, 0.1) is 17.1 Å². The fourth-order valence-electron chi connectivity index (χ4n) is 2.97. The monoisotopic (exact) mass is 346 g/mol. The molecular weight excluding hydrogens is 328 g/mol. The number of imidazole rings is 1. The molecule has 7 nitrogen and oxygen atoms in total. The summed E-state index contributed by atoms with van der Waals surface area (Å²) in [6.45, 7) is 0.758. The molecule has 1 aromatic carbocycles. The molecule has 0 fully saturated rings. The molecule has 26 heavy (non-hydrogen) atoms. The van der Waals surface area contributed by atoms with Crippen molar-refractivity contribution >= 4 is 11.6 Å². The van der Waals surface area contributed by atoms with Crippen molar-refractivity contribution in [2.75, 3.05) is 12.8 Å². The number of phenols is 1. The zero-order chi connectivity index (χ0) is 18.1. The largest absolute Gasteiger partial charge is 0.508 e. The number of phenolic OH excluding ortho intramolecular Hbond substituents is 1. The molecule has 3 aromatic heterocycles. The van der Waals surface area contributed by atoms with Crippen LogP contribution in [0.4, 0.5) is 5.95 Å². The molecule has 0 saturated carbocycles.